The number of fused-ring (bicyclic) bond motifs is 2. The lowest BCUT2D eigenvalue weighted by Gasteiger charge is -2.29. The van der Waals surface area contributed by atoms with Gasteiger partial charge in [0.1, 0.15) is 11.3 Å². The molecule has 0 radical (unpaired) electrons. The monoisotopic (exact) mass is 715 g/mol. The summed E-state index contributed by atoms with van der Waals surface area (Å²) in [6, 6.07) is 79.8. The highest BCUT2D eigenvalue weighted by molar-refractivity contribution is 6.05. The number of benzene rings is 9. The summed E-state index contributed by atoms with van der Waals surface area (Å²) in [5, 5.41) is 3.61. The molecule has 1 heterocycles. The van der Waals surface area contributed by atoms with E-state index < -0.39 is 0 Å². The van der Waals surface area contributed by atoms with Crippen LogP contribution in [0.5, 0.6) is 0 Å². The maximum absolute atomic E-state index is 6.83. The lowest BCUT2D eigenvalue weighted by molar-refractivity contribution is 0.632. The maximum Gasteiger partial charge on any atom is 0.145 e. The van der Waals surface area contributed by atoms with Crippen molar-refractivity contribution >= 4 is 38.8 Å². The van der Waals surface area contributed by atoms with Crippen molar-refractivity contribution in [2.24, 2.45) is 0 Å². The predicted octanol–water partition coefficient (Wildman–Crippen LogP) is 15.4. The topological polar surface area (TPSA) is 16.4 Å². The molecule has 10 aromatic rings. The number of nitrogens with zero attached hydrogens (tertiary/aromatic N) is 1. The van der Waals surface area contributed by atoms with E-state index in [0.717, 1.165) is 67.2 Å². The Morgan fingerprint density at radius 2 is 0.786 bits per heavy atom. The summed E-state index contributed by atoms with van der Waals surface area (Å²) in [5.41, 5.74) is 14.3. The molecule has 0 N–H and O–H groups in total. The predicted molar refractivity (Wildman–Crippen MR) is 236 cm³/mol. The number of hydrogen-bond acceptors (Lipinski definition) is 2. The Bertz CT molecular complexity index is 2940. The van der Waals surface area contributed by atoms with Gasteiger partial charge >= 0.3 is 0 Å². The minimum Gasteiger partial charge on any atom is -0.455 e. The van der Waals surface area contributed by atoms with E-state index in [9.17, 15) is 0 Å². The van der Waals surface area contributed by atoms with Crippen LogP contribution in [0.2, 0.25) is 0 Å². The van der Waals surface area contributed by atoms with Gasteiger partial charge in [-0.3, -0.25) is 0 Å². The van der Waals surface area contributed by atoms with E-state index in [-0.39, 0.29) is 0 Å². The molecular weight excluding hydrogens is 679 g/mol. The van der Waals surface area contributed by atoms with Crippen LogP contribution in [0.25, 0.3) is 77.6 Å². The molecule has 0 aliphatic carbocycles. The third-order valence-electron chi connectivity index (χ3n) is 10.7. The molecule has 2 nitrogen and oxygen atoms in total. The molecular formula is C54H37NO. The Morgan fingerprint density at radius 3 is 1.52 bits per heavy atom. The molecule has 0 aliphatic rings. The summed E-state index contributed by atoms with van der Waals surface area (Å²) in [6.07, 6.45) is 0. The lowest BCUT2D eigenvalue weighted by Crippen LogP contribution is -2.12. The van der Waals surface area contributed by atoms with E-state index in [0.29, 0.717) is 0 Å². The Hall–Kier alpha value is -7.42. The van der Waals surface area contributed by atoms with Gasteiger partial charge < -0.3 is 9.32 Å². The molecule has 0 fully saturated rings. The number of hydrogen-bond donors (Lipinski definition) is 0. The van der Waals surface area contributed by atoms with Crippen LogP contribution in [0.1, 0.15) is 0 Å². The quantitative estimate of drug-likeness (QED) is 0.156. The fourth-order valence-electron chi connectivity index (χ4n) is 8.05. The first-order valence-corrected chi connectivity index (χ1v) is 19.1. The Balaban J connectivity index is 1.11. The highest BCUT2D eigenvalue weighted by Crippen LogP contribution is 2.49. The van der Waals surface area contributed by atoms with Crippen LogP contribution in [-0.2, 0) is 0 Å². The molecule has 0 saturated carbocycles. The van der Waals surface area contributed by atoms with Gasteiger partial charge in [0, 0.05) is 27.8 Å². The molecule has 56 heavy (non-hydrogen) atoms. The summed E-state index contributed by atoms with van der Waals surface area (Å²) in [4.78, 5) is 2.38. The summed E-state index contributed by atoms with van der Waals surface area (Å²) < 4.78 is 6.83. The first-order valence-electron chi connectivity index (χ1n) is 19.1. The number of para-hydroxylation sites is 3. The average molecular weight is 716 g/mol. The maximum atomic E-state index is 6.83. The van der Waals surface area contributed by atoms with Crippen molar-refractivity contribution in [3.05, 3.63) is 224 Å². The van der Waals surface area contributed by atoms with E-state index >= 15 is 0 Å². The van der Waals surface area contributed by atoms with Gasteiger partial charge in [0.25, 0.3) is 0 Å². The van der Waals surface area contributed by atoms with Crippen molar-refractivity contribution in [3.63, 3.8) is 0 Å². The fourth-order valence-corrected chi connectivity index (χ4v) is 8.05. The molecule has 264 valence electrons. The van der Waals surface area contributed by atoms with Crippen LogP contribution in [0.15, 0.2) is 229 Å². The molecule has 1 aromatic heterocycles. The van der Waals surface area contributed by atoms with Gasteiger partial charge in [0.2, 0.25) is 0 Å². The summed E-state index contributed by atoms with van der Waals surface area (Å²) in [5.74, 6) is 0.845. The summed E-state index contributed by atoms with van der Waals surface area (Å²) in [7, 11) is 0. The van der Waals surface area contributed by atoms with E-state index in [1.807, 2.05) is 6.07 Å². The second-order valence-corrected chi connectivity index (χ2v) is 14.1. The van der Waals surface area contributed by atoms with Crippen molar-refractivity contribution in [1.82, 2.24) is 0 Å². The van der Waals surface area contributed by atoms with Crippen molar-refractivity contribution < 1.29 is 4.42 Å². The average Bonchev–Trinajstić information content (AvgIpc) is 3.67. The van der Waals surface area contributed by atoms with Gasteiger partial charge in [-0.1, -0.05) is 188 Å². The van der Waals surface area contributed by atoms with Gasteiger partial charge in [0.15, 0.2) is 0 Å². The largest absolute Gasteiger partial charge is 0.455 e. The summed E-state index contributed by atoms with van der Waals surface area (Å²) >= 11 is 0. The molecule has 0 spiro atoms. The van der Waals surface area contributed by atoms with Gasteiger partial charge in [-0.15, -0.1) is 0 Å². The second kappa shape index (κ2) is 14.4. The third kappa shape index (κ3) is 6.04. The van der Waals surface area contributed by atoms with Crippen molar-refractivity contribution in [2.45, 2.75) is 0 Å². The molecule has 10 rings (SSSR count). The number of anilines is 3. The van der Waals surface area contributed by atoms with E-state index in [1.165, 1.54) is 27.5 Å². The van der Waals surface area contributed by atoms with Crippen LogP contribution in [0, 0.1) is 0 Å². The van der Waals surface area contributed by atoms with E-state index in [2.05, 4.69) is 223 Å². The molecule has 0 unspecified atom stereocenters. The van der Waals surface area contributed by atoms with Gasteiger partial charge in [0.05, 0.1) is 11.4 Å². The normalized spacial score (nSPS) is 11.2. The highest BCUT2D eigenvalue weighted by Gasteiger charge is 2.25. The molecule has 0 bridgehead atoms. The first kappa shape index (κ1) is 33.2. The van der Waals surface area contributed by atoms with Crippen LogP contribution >= 0.6 is 0 Å². The van der Waals surface area contributed by atoms with Gasteiger partial charge in [-0.05, 0) is 80.6 Å². The number of furan rings is 1. The van der Waals surface area contributed by atoms with Crippen molar-refractivity contribution in [1.29, 1.82) is 0 Å². The second-order valence-electron chi connectivity index (χ2n) is 14.1. The van der Waals surface area contributed by atoms with Crippen LogP contribution in [0.3, 0.4) is 0 Å². The third-order valence-corrected chi connectivity index (χ3v) is 10.7. The number of rotatable bonds is 8. The smallest absolute Gasteiger partial charge is 0.145 e. The minimum absolute atomic E-state index is 0.845. The zero-order chi connectivity index (χ0) is 37.3. The first-order chi connectivity index (χ1) is 27.8. The zero-order valence-corrected chi connectivity index (χ0v) is 30.7. The SMILES string of the molecule is c1ccc(-c2ccccc2N(c2ccc(-c3ccc(-c4cccc5ccccc45)cc3)cc2)c2ccccc2-c2oc3ccccc3c2-c2ccccc2)cc1. The van der Waals surface area contributed by atoms with Crippen LogP contribution in [-0.4, -0.2) is 0 Å². The Kier molecular flexibility index (Phi) is 8.55. The Morgan fingerprint density at radius 1 is 0.304 bits per heavy atom. The van der Waals surface area contributed by atoms with Gasteiger partial charge in [-0.2, -0.15) is 0 Å². The van der Waals surface area contributed by atoms with Gasteiger partial charge in [-0.25, -0.2) is 0 Å². The molecule has 9 aromatic carbocycles. The lowest BCUT2D eigenvalue weighted by atomic mass is 9.95. The Labute approximate surface area is 327 Å². The van der Waals surface area contributed by atoms with Crippen molar-refractivity contribution in [3.8, 4) is 55.8 Å². The molecule has 0 atom stereocenters. The molecule has 0 saturated heterocycles. The van der Waals surface area contributed by atoms with Crippen molar-refractivity contribution in [2.75, 3.05) is 4.90 Å². The molecule has 0 aliphatic heterocycles. The summed E-state index contributed by atoms with van der Waals surface area (Å²) in [6.45, 7) is 0. The zero-order valence-electron chi connectivity index (χ0n) is 30.7. The van der Waals surface area contributed by atoms with Crippen LogP contribution < -0.4 is 4.90 Å². The van der Waals surface area contributed by atoms with Crippen LogP contribution in [0.4, 0.5) is 17.1 Å². The standard InChI is InChI=1S/C54H37NO/c1-3-16-41(17-4-1)47-23-9-12-27-50(47)55(51-28-13-10-24-48(51)54-53(43-19-5-2-6-20-43)49-25-11-14-29-52(49)56-54)44-36-34-39(35-37-44)38-30-32-42(33-31-38)46-26-15-21-40-18-7-8-22-45(40)46/h1-37H. The van der Waals surface area contributed by atoms with E-state index in [4.69, 9.17) is 4.42 Å². The highest BCUT2D eigenvalue weighted by atomic mass is 16.3. The minimum atomic E-state index is 0.845. The molecule has 2 heteroatoms. The fraction of sp³-hybridized carbons (Fsp3) is 0. The van der Waals surface area contributed by atoms with E-state index in [1.54, 1.807) is 0 Å². The molecule has 0 amide bonds.